The van der Waals surface area contributed by atoms with Crippen molar-refractivity contribution in [3.05, 3.63) is 29.4 Å². The maximum atomic E-state index is 12.7. The maximum absolute atomic E-state index is 12.7. The Bertz CT molecular complexity index is 1040. The summed E-state index contributed by atoms with van der Waals surface area (Å²) >= 11 is 1.51. The molecule has 28 heavy (non-hydrogen) atoms. The molecule has 3 aromatic rings. The Hall–Kier alpha value is -2.65. The summed E-state index contributed by atoms with van der Waals surface area (Å²) in [5.74, 6) is 0.516. The van der Waals surface area contributed by atoms with E-state index in [9.17, 15) is 4.79 Å². The first kappa shape index (κ1) is 17.4. The van der Waals surface area contributed by atoms with Gasteiger partial charge in [0.05, 0.1) is 5.52 Å². The van der Waals surface area contributed by atoms with Gasteiger partial charge >= 0.3 is 6.03 Å². The Morgan fingerprint density at radius 2 is 2.00 bits per heavy atom. The number of aryl methyl sites for hydroxylation is 1. The largest absolute Gasteiger partial charge is 0.323 e. The fourth-order valence-corrected chi connectivity index (χ4v) is 4.73. The van der Waals surface area contributed by atoms with Crippen LogP contribution in [0.5, 0.6) is 0 Å². The van der Waals surface area contributed by atoms with E-state index in [1.54, 1.807) is 6.20 Å². The van der Waals surface area contributed by atoms with E-state index in [0.717, 1.165) is 52.5 Å². The Kier molecular flexibility index (Phi) is 4.21. The summed E-state index contributed by atoms with van der Waals surface area (Å²) in [6, 6.07) is 6.54. The summed E-state index contributed by atoms with van der Waals surface area (Å²) in [6.07, 6.45) is 4.06. The van der Waals surface area contributed by atoms with Crippen LogP contribution in [0.15, 0.2) is 24.4 Å². The van der Waals surface area contributed by atoms with Crippen molar-refractivity contribution in [2.75, 3.05) is 25.5 Å². The molecule has 2 saturated heterocycles. The van der Waals surface area contributed by atoms with Crippen LogP contribution in [-0.2, 0) is 0 Å². The van der Waals surface area contributed by atoms with Crippen LogP contribution in [0, 0.1) is 6.92 Å². The highest BCUT2D eigenvalue weighted by Crippen LogP contribution is 2.29. The average molecular weight is 395 g/mol. The second-order valence-electron chi connectivity index (χ2n) is 7.47. The highest BCUT2D eigenvalue weighted by atomic mass is 32.1. The number of piperazine rings is 1. The first-order chi connectivity index (χ1) is 13.6. The number of likely N-dealkylation sites (tertiary alicyclic amines) is 1. The van der Waals surface area contributed by atoms with E-state index in [1.807, 2.05) is 30.0 Å². The zero-order valence-corrected chi connectivity index (χ0v) is 16.6. The van der Waals surface area contributed by atoms with Gasteiger partial charge in [0.25, 0.3) is 0 Å². The summed E-state index contributed by atoms with van der Waals surface area (Å²) in [5, 5.41) is 13.8. The summed E-state index contributed by atoms with van der Waals surface area (Å²) in [7, 11) is 2.16. The third-order valence-corrected chi connectivity index (χ3v) is 6.55. The monoisotopic (exact) mass is 395 g/mol. The number of carbonyl (C=O) groups excluding carboxylic acids is 1. The molecule has 2 unspecified atom stereocenters. The van der Waals surface area contributed by atoms with Crippen LogP contribution in [0.25, 0.3) is 21.6 Å². The number of nitrogens with zero attached hydrogens (tertiary/aromatic N) is 6. The number of aromatic nitrogens is 4. The lowest BCUT2D eigenvalue weighted by molar-refractivity contribution is 0.110. The van der Waals surface area contributed by atoms with E-state index in [2.05, 4.69) is 37.4 Å². The summed E-state index contributed by atoms with van der Waals surface area (Å²) in [4.78, 5) is 26.1. The molecule has 3 aromatic heterocycles. The Morgan fingerprint density at radius 1 is 1.21 bits per heavy atom. The van der Waals surface area contributed by atoms with Gasteiger partial charge in [-0.3, -0.25) is 10.2 Å². The van der Waals surface area contributed by atoms with Crippen molar-refractivity contribution in [1.82, 2.24) is 30.0 Å². The number of carbonyl (C=O) groups is 1. The van der Waals surface area contributed by atoms with Crippen molar-refractivity contribution in [3.63, 3.8) is 0 Å². The average Bonchev–Trinajstić information content (AvgIpc) is 3.19. The minimum absolute atomic E-state index is 0.0900. The lowest BCUT2D eigenvalue weighted by atomic mass is 10.2. The quantitative estimate of drug-likeness (QED) is 0.718. The molecule has 2 atom stereocenters. The lowest BCUT2D eigenvalue weighted by Gasteiger charge is -2.38. The summed E-state index contributed by atoms with van der Waals surface area (Å²) in [5.41, 5.74) is 1.55. The third kappa shape index (κ3) is 3.10. The minimum Gasteiger partial charge on any atom is -0.321 e. The van der Waals surface area contributed by atoms with E-state index in [1.165, 1.54) is 11.3 Å². The Balaban J connectivity index is 1.36. The number of likely N-dealkylation sites (N-methyl/N-ethyl adjacent to an activating group) is 1. The van der Waals surface area contributed by atoms with Gasteiger partial charge in [-0.1, -0.05) is 11.3 Å². The van der Waals surface area contributed by atoms with Gasteiger partial charge < -0.3 is 4.90 Å². The molecule has 5 rings (SSSR count). The molecule has 8 nitrogen and oxygen atoms in total. The highest BCUT2D eigenvalue weighted by molar-refractivity contribution is 7.14. The molecule has 2 bridgehead atoms. The van der Waals surface area contributed by atoms with E-state index in [0.29, 0.717) is 17.9 Å². The molecule has 0 spiro atoms. The van der Waals surface area contributed by atoms with Gasteiger partial charge in [0, 0.05) is 42.8 Å². The lowest BCUT2D eigenvalue weighted by Crippen LogP contribution is -2.54. The number of hydrogen-bond acceptors (Lipinski definition) is 7. The number of amides is 2. The molecule has 2 fully saturated rings. The molecule has 144 valence electrons. The standard InChI is InChI=1S/C19H21N7OS/c1-11-23-24-18(28-11)15-6-3-12-8-20-17(7-16(12)21-15)22-19(27)26-9-13-4-5-14(10-26)25(13)2/h3,6-8,13-14H,4-5,9-10H2,1-2H3,(H,20,22,27). The third-order valence-electron chi connectivity index (χ3n) is 5.69. The number of fused-ring (bicyclic) bond motifs is 3. The van der Waals surface area contributed by atoms with E-state index < -0.39 is 0 Å². The molecule has 1 N–H and O–H groups in total. The molecule has 0 saturated carbocycles. The Labute approximate surface area is 166 Å². The molecule has 2 aliphatic heterocycles. The van der Waals surface area contributed by atoms with Crippen LogP contribution in [-0.4, -0.2) is 68.2 Å². The van der Waals surface area contributed by atoms with Gasteiger partial charge in [0.15, 0.2) is 5.01 Å². The van der Waals surface area contributed by atoms with Crippen molar-refractivity contribution in [1.29, 1.82) is 0 Å². The molecular formula is C19H21N7OS. The molecule has 5 heterocycles. The first-order valence-corrected chi connectivity index (χ1v) is 10.2. The second-order valence-corrected chi connectivity index (χ2v) is 8.65. The number of pyridine rings is 2. The Morgan fingerprint density at radius 3 is 2.71 bits per heavy atom. The van der Waals surface area contributed by atoms with E-state index in [4.69, 9.17) is 0 Å². The zero-order valence-electron chi connectivity index (χ0n) is 15.8. The molecule has 2 amide bonds. The van der Waals surface area contributed by atoms with Crippen molar-refractivity contribution >= 4 is 34.1 Å². The number of anilines is 1. The SMILES string of the molecule is Cc1nnc(-c2ccc3cnc(NC(=O)N4CC5CCC(C4)N5C)cc3n2)s1. The molecule has 0 aliphatic carbocycles. The van der Waals surface area contributed by atoms with Crippen molar-refractivity contribution in [2.45, 2.75) is 31.8 Å². The van der Waals surface area contributed by atoms with Gasteiger partial charge in [-0.25, -0.2) is 14.8 Å². The smallest absolute Gasteiger partial charge is 0.321 e. The van der Waals surface area contributed by atoms with Crippen LogP contribution in [0.4, 0.5) is 10.6 Å². The second kappa shape index (κ2) is 6.75. The maximum Gasteiger partial charge on any atom is 0.323 e. The van der Waals surface area contributed by atoms with Crippen LogP contribution in [0.2, 0.25) is 0 Å². The van der Waals surface area contributed by atoms with Gasteiger partial charge in [0.1, 0.15) is 16.5 Å². The van der Waals surface area contributed by atoms with E-state index in [-0.39, 0.29) is 6.03 Å². The topological polar surface area (TPSA) is 87.1 Å². The van der Waals surface area contributed by atoms with Crippen LogP contribution < -0.4 is 5.32 Å². The fourth-order valence-electron chi connectivity index (χ4n) is 4.07. The normalized spacial score (nSPS) is 22.0. The highest BCUT2D eigenvalue weighted by Gasteiger charge is 2.39. The molecule has 2 aliphatic rings. The zero-order chi connectivity index (χ0) is 19.3. The molecule has 9 heteroatoms. The fraction of sp³-hybridized carbons (Fsp3) is 0.421. The number of hydrogen-bond donors (Lipinski definition) is 1. The predicted octanol–water partition coefficient (Wildman–Crippen LogP) is 2.77. The number of urea groups is 1. The van der Waals surface area contributed by atoms with Gasteiger partial charge in [0.2, 0.25) is 0 Å². The number of nitrogens with one attached hydrogen (secondary N) is 1. The van der Waals surface area contributed by atoms with Crippen molar-refractivity contribution < 1.29 is 4.79 Å². The van der Waals surface area contributed by atoms with Crippen molar-refractivity contribution in [2.24, 2.45) is 0 Å². The van der Waals surface area contributed by atoms with Crippen LogP contribution in [0.3, 0.4) is 0 Å². The summed E-state index contributed by atoms with van der Waals surface area (Å²) < 4.78 is 0. The molecule has 0 aromatic carbocycles. The molecular weight excluding hydrogens is 374 g/mol. The van der Waals surface area contributed by atoms with Crippen LogP contribution in [0.1, 0.15) is 17.8 Å². The summed E-state index contributed by atoms with van der Waals surface area (Å²) in [6.45, 7) is 3.46. The minimum atomic E-state index is -0.0900. The van der Waals surface area contributed by atoms with E-state index >= 15 is 0 Å². The predicted molar refractivity (Wildman–Crippen MR) is 108 cm³/mol. The first-order valence-electron chi connectivity index (χ1n) is 9.42. The molecule has 0 radical (unpaired) electrons. The van der Waals surface area contributed by atoms with Gasteiger partial charge in [-0.2, -0.15) is 0 Å². The van der Waals surface area contributed by atoms with Crippen molar-refractivity contribution in [3.8, 4) is 10.7 Å². The van der Waals surface area contributed by atoms with Gasteiger partial charge in [-0.05, 0) is 38.9 Å². The van der Waals surface area contributed by atoms with Gasteiger partial charge in [-0.15, -0.1) is 10.2 Å². The number of rotatable bonds is 2. The van der Waals surface area contributed by atoms with Crippen LogP contribution >= 0.6 is 11.3 Å².